The molecular formula is C21H27N5S. The van der Waals surface area contributed by atoms with Gasteiger partial charge in [-0.3, -0.25) is 9.47 Å². The molecule has 0 saturated carbocycles. The molecule has 0 spiro atoms. The number of hydrogen-bond acceptors (Lipinski definition) is 4. The number of nitrogens with zero attached hydrogens (tertiary/aromatic N) is 5. The predicted octanol–water partition coefficient (Wildman–Crippen LogP) is 4.18. The van der Waals surface area contributed by atoms with E-state index in [0.717, 1.165) is 12.2 Å². The summed E-state index contributed by atoms with van der Waals surface area (Å²) in [6, 6.07) is 15.0. The number of aromatic nitrogens is 3. The van der Waals surface area contributed by atoms with Crippen LogP contribution in [-0.2, 0) is 13.2 Å². The van der Waals surface area contributed by atoms with Crippen molar-refractivity contribution in [3.05, 3.63) is 70.3 Å². The molecule has 6 heteroatoms. The molecule has 0 aliphatic carbocycles. The Labute approximate surface area is 166 Å². The van der Waals surface area contributed by atoms with Crippen molar-refractivity contribution in [2.45, 2.75) is 27.1 Å². The third-order valence-corrected chi connectivity index (χ3v) is 5.03. The normalized spacial score (nSPS) is 11.2. The molecule has 1 heterocycles. The first kappa shape index (κ1) is 19.3. The second-order valence-corrected chi connectivity index (χ2v) is 7.65. The van der Waals surface area contributed by atoms with E-state index in [-0.39, 0.29) is 0 Å². The lowest BCUT2D eigenvalue weighted by Gasteiger charge is -2.18. The molecule has 0 atom stereocenters. The van der Waals surface area contributed by atoms with Crippen LogP contribution in [-0.4, -0.2) is 40.4 Å². The number of rotatable bonds is 6. The summed E-state index contributed by atoms with van der Waals surface area (Å²) >= 11 is 5.66. The molecule has 0 N–H and O–H groups in total. The molecule has 5 nitrogen and oxygen atoms in total. The van der Waals surface area contributed by atoms with Gasteiger partial charge in [0.05, 0.1) is 12.4 Å². The van der Waals surface area contributed by atoms with Gasteiger partial charge < -0.3 is 4.90 Å². The zero-order chi connectivity index (χ0) is 19.6. The Morgan fingerprint density at radius 3 is 2.33 bits per heavy atom. The average molecular weight is 382 g/mol. The molecule has 0 aliphatic heterocycles. The summed E-state index contributed by atoms with van der Waals surface area (Å²) in [5.41, 5.74) is 5.99. The standard InChI is InChI=1S/C21H27N5S/c1-16-6-11-20(17(2)12-16)25-14-22-26(21(25)27)15-24(5)13-18-7-9-19(10-8-18)23(3)4/h6-12,14H,13,15H2,1-5H3. The van der Waals surface area contributed by atoms with Gasteiger partial charge in [-0.15, -0.1) is 0 Å². The summed E-state index contributed by atoms with van der Waals surface area (Å²) < 4.78 is 4.55. The zero-order valence-electron chi connectivity index (χ0n) is 16.7. The molecule has 0 unspecified atom stereocenters. The fourth-order valence-electron chi connectivity index (χ4n) is 3.16. The molecule has 0 radical (unpaired) electrons. The van der Waals surface area contributed by atoms with Crippen LogP contribution in [0.15, 0.2) is 48.8 Å². The highest BCUT2D eigenvalue weighted by Gasteiger charge is 2.09. The summed E-state index contributed by atoms with van der Waals surface area (Å²) in [4.78, 5) is 4.31. The maximum atomic E-state index is 5.66. The van der Waals surface area contributed by atoms with Crippen molar-refractivity contribution in [1.82, 2.24) is 19.2 Å². The highest BCUT2D eigenvalue weighted by molar-refractivity contribution is 7.71. The quantitative estimate of drug-likeness (QED) is 0.599. The molecular weight excluding hydrogens is 354 g/mol. The van der Waals surface area contributed by atoms with Crippen LogP contribution in [0.2, 0.25) is 0 Å². The Kier molecular flexibility index (Phi) is 5.77. The summed E-state index contributed by atoms with van der Waals surface area (Å²) in [5.74, 6) is 0. The lowest BCUT2D eigenvalue weighted by Crippen LogP contribution is -2.22. The SMILES string of the molecule is Cc1ccc(-n2cnn(CN(C)Cc3ccc(N(C)C)cc3)c2=S)c(C)c1. The number of aryl methyl sites for hydroxylation is 2. The Balaban J connectivity index is 1.72. The van der Waals surface area contributed by atoms with Gasteiger partial charge in [-0.05, 0) is 62.4 Å². The van der Waals surface area contributed by atoms with Gasteiger partial charge in [0.15, 0.2) is 0 Å². The van der Waals surface area contributed by atoms with E-state index >= 15 is 0 Å². The van der Waals surface area contributed by atoms with E-state index in [2.05, 4.69) is 92.4 Å². The molecule has 1 aromatic heterocycles. The monoisotopic (exact) mass is 381 g/mol. The minimum absolute atomic E-state index is 0.645. The summed E-state index contributed by atoms with van der Waals surface area (Å²) in [7, 11) is 6.18. The number of anilines is 1. The minimum atomic E-state index is 0.645. The van der Waals surface area contributed by atoms with Gasteiger partial charge in [-0.1, -0.05) is 29.8 Å². The van der Waals surface area contributed by atoms with Crippen molar-refractivity contribution in [1.29, 1.82) is 0 Å². The van der Waals surface area contributed by atoms with E-state index in [0.29, 0.717) is 11.4 Å². The van der Waals surface area contributed by atoms with E-state index in [1.54, 1.807) is 6.33 Å². The highest BCUT2D eigenvalue weighted by atomic mass is 32.1. The Hall–Kier alpha value is -2.44. The smallest absolute Gasteiger partial charge is 0.203 e. The van der Waals surface area contributed by atoms with E-state index in [9.17, 15) is 0 Å². The van der Waals surface area contributed by atoms with Crippen LogP contribution >= 0.6 is 12.2 Å². The fourth-order valence-corrected chi connectivity index (χ4v) is 3.42. The third kappa shape index (κ3) is 4.46. The van der Waals surface area contributed by atoms with Crippen molar-refractivity contribution in [2.24, 2.45) is 0 Å². The van der Waals surface area contributed by atoms with E-state index < -0.39 is 0 Å². The first-order valence-corrected chi connectivity index (χ1v) is 9.43. The Bertz CT molecular complexity index is 969. The third-order valence-electron chi connectivity index (χ3n) is 4.63. The first-order chi connectivity index (χ1) is 12.8. The largest absolute Gasteiger partial charge is 0.378 e. The van der Waals surface area contributed by atoms with Gasteiger partial charge in [-0.2, -0.15) is 5.10 Å². The maximum Gasteiger partial charge on any atom is 0.203 e. The van der Waals surface area contributed by atoms with Crippen LogP contribution < -0.4 is 4.90 Å². The Morgan fingerprint density at radius 2 is 1.70 bits per heavy atom. The van der Waals surface area contributed by atoms with Crippen molar-refractivity contribution in [2.75, 3.05) is 26.0 Å². The highest BCUT2D eigenvalue weighted by Crippen LogP contribution is 2.17. The molecule has 0 saturated heterocycles. The van der Waals surface area contributed by atoms with Gasteiger partial charge in [0.2, 0.25) is 4.77 Å². The molecule has 27 heavy (non-hydrogen) atoms. The second-order valence-electron chi connectivity index (χ2n) is 7.29. The summed E-state index contributed by atoms with van der Waals surface area (Å²) in [6.45, 7) is 5.68. The Morgan fingerprint density at radius 1 is 1.00 bits per heavy atom. The van der Waals surface area contributed by atoms with Gasteiger partial charge >= 0.3 is 0 Å². The van der Waals surface area contributed by atoms with Crippen molar-refractivity contribution < 1.29 is 0 Å². The van der Waals surface area contributed by atoms with Crippen LogP contribution in [0.3, 0.4) is 0 Å². The summed E-state index contributed by atoms with van der Waals surface area (Å²) in [5, 5.41) is 4.50. The zero-order valence-corrected chi connectivity index (χ0v) is 17.5. The molecule has 0 amide bonds. The van der Waals surface area contributed by atoms with E-state index in [1.807, 2.05) is 9.25 Å². The van der Waals surface area contributed by atoms with Crippen molar-refractivity contribution in [3.63, 3.8) is 0 Å². The predicted molar refractivity (Wildman–Crippen MR) is 114 cm³/mol. The van der Waals surface area contributed by atoms with Gasteiger partial charge in [0.25, 0.3) is 0 Å². The van der Waals surface area contributed by atoms with Crippen molar-refractivity contribution in [3.8, 4) is 5.69 Å². The number of benzene rings is 2. The topological polar surface area (TPSA) is 29.2 Å². The average Bonchev–Trinajstić information content (AvgIpc) is 2.96. The fraction of sp³-hybridized carbons (Fsp3) is 0.333. The second kappa shape index (κ2) is 8.06. The van der Waals surface area contributed by atoms with Crippen LogP contribution in [0.4, 0.5) is 5.69 Å². The first-order valence-electron chi connectivity index (χ1n) is 9.02. The van der Waals surface area contributed by atoms with Crippen LogP contribution in [0, 0.1) is 18.6 Å². The summed E-state index contributed by atoms with van der Waals surface area (Å²) in [6.07, 6.45) is 1.81. The molecule has 3 rings (SSSR count). The van der Waals surface area contributed by atoms with Gasteiger partial charge in [-0.25, -0.2) is 4.68 Å². The van der Waals surface area contributed by atoms with Crippen LogP contribution in [0.25, 0.3) is 5.69 Å². The van der Waals surface area contributed by atoms with Gasteiger partial charge in [0.1, 0.15) is 6.33 Å². The molecule has 0 aliphatic rings. The molecule has 3 aromatic rings. The number of hydrogen-bond donors (Lipinski definition) is 0. The minimum Gasteiger partial charge on any atom is -0.378 e. The molecule has 0 fully saturated rings. The van der Waals surface area contributed by atoms with Gasteiger partial charge in [0, 0.05) is 26.3 Å². The van der Waals surface area contributed by atoms with E-state index in [4.69, 9.17) is 12.2 Å². The lowest BCUT2D eigenvalue weighted by atomic mass is 10.1. The molecule has 0 bridgehead atoms. The molecule has 142 valence electrons. The lowest BCUT2D eigenvalue weighted by molar-refractivity contribution is 0.244. The molecule has 2 aromatic carbocycles. The van der Waals surface area contributed by atoms with E-state index in [1.165, 1.54) is 22.4 Å². The van der Waals surface area contributed by atoms with Crippen LogP contribution in [0.1, 0.15) is 16.7 Å². The van der Waals surface area contributed by atoms with Crippen molar-refractivity contribution >= 4 is 17.9 Å². The maximum absolute atomic E-state index is 5.66. The van der Waals surface area contributed by atoms with Crippen LogP contribution in [0.5, 0.6) is 0 Å².